The number of aliphatic hydroxyl groups excluding tert-OH is 1. The molecule has 3 aliphatic heterocycles. The van der Waals surface area contributed by atoms with Crippen LogP contribution in [0.25, 0.3) is 0 Å². The molecule has 16 nitrogen and oxygen atoms in total. The van der Waals surface area contributed by atoms with Crippen LogP contribution in [-0.2, 0) is 24.0 Å². The highest BCUT2D eigenvalue weighted by atomic mass is 16.3. The number of carbonyl (C=O) groups is 6. The largest absolute Gasteiger partial charge is 0.381 e. The second kappa shape index (κ2) is 15.0. The molecule has 6 unspecified atom stereocenters. The lowest BCUT2D eigenvalue weighted by atomic mass is 9.85. The van der Waals surface area contributed by atoms with E-state index in [0.717, 1.165) is 19.3 Å². The first kappa shape index (κ1) is 37.1. The molecule has 5 rings (SSSR count). The molecule has 6 atom stereocenters. The van der Waals surface area contributed by atoms with Crippen LogP contribution in [0.1, 0.15) is 90.1 Å². The number of likely N-dealkylation sites (N-methyl/N-ethyl adjacent to an activating group) is 1. The van der Waals surface area contributed by atoms with Gasteiger partial charge >= 0.3 is 0 Å². The monoisotopic (exact) mass is 697 g/mol. The number of rotatable bonds is 13. The molecule has 1 spiro atoms. The maximum atomic E-state index is 14.7. The Balaban J connectivity index is 1.40. The Labute approximate surface area is 292 Å². The summed E-state index contributed by atoms with van der Waals surface area (Å²) in [5, 5.41) is 21.9. The summed E-state index contributed by atoms with van der Waals surface area (Å²) in [7, 11) is 0. The minimum atomic E-state index is -1.49. The molecule has 4 heterocycles. The Hall–Kier alpha value is -4.18. The Bertz CT molecular complexity index is 1470. The molecule has 5 N–H and O–H groups in total. The van der Waals surface area contributed by atoms with Gasteiger partial charge in [0.2, 0.25) is 23.6 Å². The van der Waals surface area contributed by atoms with Crippen molar-refractivity contribution < 1.29 is 33.9 Å². The molecule has 1 aromatic rings. The molecule has 0 bridgehead atoms. The first-order valence-corrected chi connectivity index (χ1v) is 17.7. The molecule has 1 aromatic heterocycles. The summed E-state index contributed by atoms with van der Waals surface area (Å²) in [5.74, 6) is -2.88. The zero-order valence-electron chi connectivity index (χ0n) is 29.6. The lowest BCUT2D eigenvalue weighted by Crippen LogP contribution is -2.60. The van der Waals surface area contributed by atoms with Crippen LogP contribution >= 0.6 is 0 Å². The molecule has 0 radical (unpaired) electrons. The van der Waals surface area contributed by atoms with E-state index in [-0.39, 0.29) is 36.7 Å². The van der Waals surface area contributed by atoms with Gasteiger partial charge in [-0.15, -0.1) is 0 Å². The third-order valence-electron chi connectivity index (χ3n) is 10.2. The van der Waals surface area contributed by atoms with Crippen molar-refractivity contribution in [2.75, 3.05) is 26.2 Å². The molecule has 16 heteroatoms. The molecule has 1 aliphatic carbocycles. The van der Waals surface area contributed by atoms with Crippen molar-refractivity contribution in [1.82, 2.24) is 45.9 Å². The third kappa shape index (κ3) is 7.60. The van der Waals surface area contributed by atoms with Gasteiger partial charge in [0.15, 0.2) is 6.10 Å². The van der Waals surface area contributed by atoms with Crippen LogP contribution in [0, 0.1) is 5.41 Å². The lowest BCUT2D eigenvalue weighted by Gasteiger charge is -2.40. The summed E-state index contributed by atoms with van der Waals surface area (Å²) in [4.78, 5) is 94.2. The van der Waals surface area contributed by atoms with Crippen LogP contribution < -0.4 is 21.3 Å². The molecule has 3 saturated heterocycles. The van der Waals surface area contributed by atoms with Gasteiger partial charge in [-0.3, -0.25) is 38.7 Å². The minimum Gasteiger partial charge on any atom is -0.381 e. The fraction of sp³-hybridized carbons (Fsp3) is 0.706. The molecular formula is C34H51N9O7. The van der Waals surface area contributed by atoms with E-state index < -0.39 is 71.4 Å². The van der Waals surface area contributed by atoms with E-state index >= 15 is 0 Å². The third-order valence-corrected chi connectivity index (χ3v) is 10.2. The van der Waals surface area contributed by atoms with Gasteiger partial charge in [0.05, 0.1) is 31.4 Å². The topological polar surface area (TPSA) is 206 Å². The number of amides is 6. The normalized spacial score (nSPS) is 25.2. The quantitative estimate of drug-likeness (QED) is 0.175. The van der Waals surface area contributed by atoms with E-state index in [9.17, 15) is 33.9 Å². The van der Waals surface area contributed by atoms with Gasteiger partial charge < -0.3 is 36.2 Å². The SMILES string of the molecule is CCCC(NC(=O)C1CC2(CN1C(=O)C(NC(=O)CNC(=O)c1cnccn1)C(C)(C)C)N(CC)C(=O)C1CCCN12)C(O)C(=O)NC1CC1. The van der Waals surface area contributed by atoms with Crippen LogP contribution in [0.3, 0.4) is 0 Å². The lowest BCUT2D eigenvalue weighted by molar-refractivity contribution is -0.145. The standard InChI is InChI=1S/C34H51N9O7/c1-6-9-21(26(45)30(48)38-20-11-12-20)39-29(47)24-16-34(42(7-2)31(49)23-10-8-15-43(23)34)19-41(24)32(50)27(33(3,4)5)40-25(44)18-37-28(46)22-17-35-13-14-36-22/h13-14,17,20-21,23-24,26-27,45H,6-12,15-16,18-19H2,1-5H3,(H,37,46)(H,38,48)(H,39,47)(H,40,44). The van der Waals surface area contributed by atoms with Crippen molar-refractivity contribution in [1.29, 1.82) is 0 Å². The van der Waals surface area contributed by atoms with Crippen LogP contribution in [0.4, 0.5) is 0 Å². The van der Waals surface area contributed by atoms with Crippen molar-refractivity contribution in [2.45, 2.75) is 122 Å². The highest BCUT2D eigenvalue weighted by Crippen LogP contribution is 2.46. The maximum absolute atomic E-state index is 14.7. The number of fused-ring (bicyclic) bond motifs is 2. The van der Waals surface area contributed by atoms with Gasteiger partial charge in [0.1, 0.15) is 23.4 Å². The van der Waals surface area contributed by atoms with Crippen molar-refractivity contribution in [2.24, 2.45) is 5.41 Å². The number of hydrogen-bond donors (Lipinski definition) is 5. The zero-order valence-corrected chi connectivity index (χ0v) is 29.6. The molecule has 50 heavy (non-hydrogen) atoms. The van der Waals surface area contributed by atoms with Crippen LogP contribution in [0.2, 0.25) is 0 Å². The Morgan fingerprint density at radius 3 is 2.44 bits per heavy atom. The van der Waals surface area contributed by atoms with Crippen molar-refractivity contribution in [3.05, 3.63) is 24.3 Å². The minimum absolute atomic E-state index is 0.0242. The summed E-state index contributed by atoms with van der Waals surface area (Å²) >= 11 is 0. The number of nitrogens with one attached hydrogen (secondary N) is 4. The van der Waals surface area contributed by atoms with Gasteiger partial charge in [-0.2, -0.15) is 0 Å². The number of hydrogen-bond acceptors (Lipinski definition) is 10. The fourth-order valence-corrected chi connectivity index (χ4v) is 7.54. The Morgan fingerprint density at radius 1 is 1.08 bits per heavy atom. The summed E-state index contributed by atoms with van der Waals surface area (Å²) in [6, 6.07) is -3.40. The molecule has 4 fully saturated rings. The van der Waals surface area contributed by atoms with E-state index in [1.54, 1.807) is 25.7 Å². The highest BCUT2D eigenvalue weighted by molar-refractivity contribution is 5.97. The van der Waals surface area contributed by atoms with Crippen molar-refractivity contribution in [3.8, 4) is 0 Å². The predicted molar refractivity (Wildman–Crippen MR) is 180 cm³/mol. The second-order valence-corrected chi connectivity index (χ2v) is 14.9. The highest BCUT2D eigenvalue weighted by Gasteiger charge is 2.64. The van der Waals surface area contributed by atoms with E-state index in [0.29, 0.717) is 32.4 Å². The van der Waals surface area contributed by atoms with E-state index in [4.69, 9.17) is 0 Å². The van der Waals surface area contributed by atoms with E-state index in [1.165, 1.54) is 23.5 Å². The van der Waals surface area contributed by atoms with Gasteiger partial charge in [0, 0.05) is 37.9 Å². The van der Waals surface area contributed by atoms with Gasteiger partial charge in [-0.25, -0.2) is 4.98 Å². The summed E-state index contributed by atoms with van der Waals surface area (Å²) in [6.07, 6.45) is 6.76. The average molecular weight is 698 g/mol. The Morgan fingerprint density at radius 2 is 1.82 bits per heavy atom. The van der Waals surface area contributed by atoms with Crippen molar-refractivity contribution in [3.63, 3.8) is 0 Å². The second-order valence-electron chi connectivity index (χ2n) is 14.9. The molecular weight excluding hydrogens is 646 g/mol. The summed E-state index contributed by atoms with van der Waals surface area (Å²) in [6.45, 7) is 9.73. The number of likely N-dealkylation sites (tertiary alicyclic amines) is 1. The molecule has 274 valence electrons. The first-order valence-electron chi connectivity index (χ1n) is 17.7. The summed E-state index contributed by atoms with van der Waals surface area (Å²) < 4.78 is 0. The number of aromatic nitrogens is 2. The number of nitrogens with zero attached hydrogens (tertiary/aromatic N) is 5. The van der Waals surface area contributed by atoms with Gasteiger partial charge in [-0.05, 0) is 44.4 Å². The van der Waals surface area contributed by atoms with Gasteiger partial charge in [-0.1, -0.05) is 34.1 Å². The number of carbonyl (C=O) groups excluding carboxylic acids is 6. The Kier molecular flexibility index (Phi) is 11.1. The maximum Gasteiger partial charge on any atom is 0.271 e. The molecule has 6 amide bonds. The molecule has 1 saturated carbocycles. The summed E-state index contributed by atoms with van der Waals surface area (Å²) in [5.41, 5.74) is -1.74. The van der Waals surface area contributed by atoms with E-state index in [2.05, 4.69) is 36.1 Å². The van der Waals surface area contributed by atoms with Crippen LogP contribution in [-0.4, -0.2) is 133 Å². The van der Waals surface area contributed by atoms with Gasteiger partial charge in [0.25, 0.3) is 11.8 Å². The molecule has 0 aromatic carbocycles. The average Bonchev–Trinajstić information content (AvgIpc) is 3.51. The van der Waals surface area contributed by atoms with Crippen molar-refractivity contribution >= 4 is 35.4 Å². The fourth-order valence-electron chi connectivity index (χ4n) is 7.54. The zero-order chi connectivity index (χ0) is 36.4. The smallest absolute Gasteiger partial charge is 0.271 e. The van der Waals surface area contributed by atoms with Crippen LogP contribution in [0.5, 0.6) is 0 Å². The number of aliphatic hydroxyl groups is 1. The van der Waals surface area contributed by atoms with Crippen LogP contribution in [0.15, 0.2) is 18.6 Å². The predicted octanol–water partition coefficient (Wildman–Crippen LogP) is -0.715. The molecule has 4 aliphatic rings. The first-order chi connectivity index (χ1) is 23.7. The van der Waals surface area contributed by atoms with E-state index in [1.807, 2.05) is 13.8 Å².